The highest BCUT2D eigenvalue weighted by Gasteiger charge is 2.16. The van der Waals surface area contributed by atoms with Gasteiger partial charge in [-0.2, -0.15) is 0 Å². The number of pyridine rings is 1. The maximum atomic E-state index is 12.7. The van der Waals surface area contributed by atoms with Crippen LogP contribution >= 0.6 is 11.3 Å². The Hall–Kier alpha value is -3.51. The molecule has 6 heteroatoms. The van der Waals surface area contributed by atoms with Crippen LogP contribution in [0.5, 0.6) is 0 Å². The highest BCUT2D eigenvalue weighted by atomic mass is 32.1. The Bertz CT molecular complexity index is 1400. The Morgan fingerprint density at radius 2 is 1.81 bits per heavy atom. The van der Waals surface area contributed by atoms with Gasteiger partial charge in [0.2, 0.25) is 0 Å². The molecule has 0 aliphatic carbocycles. The summed E-state index contributed by atoms with van der Waals surface area (Å²) >= 11 is 1.28. The molecule has 0 aliphatic heterocycles. The van der Waals surface area contributed by atoms with E-state index < -0.39 is 5.63 Å². The second-order valence-corrected chi connectivity index (χ2v) is 7.16. The standard InChI is InChI=1S/C21H12N2O3S/c24-20(23-13-9-12-5-1-3-7-16(12)22-11-13)18-10-15-19(27-18)14-6-2-4-8-17(14)26-21(15)25/h1-11H,(H,23,24). The summed E-state index contributed by atoms with van der Waals surface area (Å²) < 4.78 is 6.10. The van der Waals surface area contributed by atoms with Crippen LogP contribution in [0.2, 0.25) is 0 Å². The quantitative estimate of drug-likeness (QED) is 0.452. The van der Waals surface area contributed by atoms with Crippen LogP contribution in [0.25, 0.3) is 32.0 Å². The average Bonchev–Trinajstić information content (AvgIpc) is 3.15. The first-order valence-corrected chi connectivity index (χ1v) is 9.12. The molecule has 0 saturated heterocycles. The van der Waals surface area contributed by atoms with Gasteiger partial charge in [-0.15, -0.1) is 11.3 Å². The van der Waals surface area contributed by atoms with Crippen molar-refractivity contribution in [1.82, 2.24) is 4.98 Å². The van der Waals surface area contributed by atoms with Crippen molar-refractivity contribution in [2.75, 3.05) is 5.32 Å². The summed E-state index contributed by atoms with van der Waals surface area (Å²) in [6.45, 7) is 0. The molecule has 27 heavy (non-hydrogen) atoms. The smallest absolute Gasteiger partial charge is 0.345 e. The van der Waals surface area contributed by atoms with E-state index >= 15 is 0 Å². The number of carbonyl (C=O) groups is 1. The summed E-state index contributed by atoms with van der Waals surface area (Å²) in [5, 5.41) is 5.04. The molecule has 0 spiro atoms. The van der Waals surface area contributed by atoms with Gasteiger partial charge in [-0.05, 0) is 30.3 Å². The van der Waals surface area contributed by atoms with Crippen molar-refractivity contribution in [3.8, 4) is 0 Å². The van der Waals surface area contributed by atoms with E-state index in [1.54, 1.807) is 18.3 Å². The lowest BCUT2D eigenvalue weighted by molar-refractivity contribution is 0.103. The summed E-state index contributed by atoms with van der Waals surface area (Å²) in [7, 11) is 0. The predicted molar refractivity (Wildman–Crippen MR) is 108 cm³/mol. The number of hydrogen-bond donors (Lipinski definition) is 1. The number of amides is 1. The third-order valence-electron chi connectivity index (χ3n) is 4.36. The molecule has 5 aromatic rings. The van der Waals surface area contributed by atoms with E-state index in [-0.39, 0.29) is 5.91 Å². The van der Waals surface area contributed by atoms with Crippen LogP contribution in [0, 0.1) is 0 Å². The minimum absolute atomic E-state index is 0.281. The summed E-state index contributed by atoms with van der Waals surface area (Å²) in [6, 6.07) is 18.5. The number of nitrogens with one attached hydrogen (secondary N) is 1. The topological polar surface area (TPSA) is 72.2 Å². The van der Waals surface area contributed by atoms with Crippen LogP contribution in [0.1, 0.15) is 9.67 Å². The van der Waals surface area contributed by atoms with Gasteiger partial charge in [-0.3, -0.25) is 9.78 Å². The van der Waals surface area contributed by atoms with Crippen molar-refractivity contribution in [3.05, 3.63) is 82.2 Å². The van der Waals surface area contributed by atoms with Gasteiger partial charge in [0, 0.05) is 10.8 Å². The van der Waals surface area contributed by atoms with E-state index in [1.165, 1.54) is 11.3 Å². The molecule has 0 unspecified atom stereocenters. The van der Waals surface area contributed by atoms with Crippen LogP contribution in [-0.2, 0) is 0 Å². The van der Waals surface area contributed by atoms with Crippen LogP contribution in [0.3, 0.4) is 0 Å². The van der Waals surface area contributed by atoms with Crippen molar-refractivity contribution >= 4 is 54.9 Å². The number of anilines is 1. The molecule has 5 rings (SSSR count). The van der Waals surface area contributed by atoms with Gasteiger partial charge in [0.05, 0.1) is 32.4 Å². The van der Waals surface area contributed by atoms with Gasteiger partial charge >= 0.3 is 5.63 Å². The van der Waals surface area contributed by atoms with Gasteiger partial charge in [-0.25, -0.2) is 4.79 Å². The minimum Gasteiger partial charge on any atom is -0.422 e. The fraction of sp³-hybridized carbons (Fsp3) is 0. The monoisotopic (exact) mass is 372 g/mol. The zero-order chi connectivity index (χ0) is 18.4. The van der Waals surface area contributed by atoms with E-state index in [0.717, 1.165) is 21.0 Å². The van der Waals surface area contributed by atoms with Crippen molar-refractivity contribution < 1.29 is 9.21 Å². The number of nitrogens with zero attached hydrogens (tertiary/aromatic N) is 1. The normalized spacial score (nSPS) is 11.3. The first-order chi connectivity index (χ1) is 13.2. The SMILES string of the molecule is O=C(Nc1cnc2ccccc2c1)c1cc2c(=O)oc3ccccc3c2s1. The van der Waals surface area contributed by atoms with E-state index in [4.69, 9.17) is 4.42 Å². The maximum Gasteiger partial charge on any atom is 0.345 e. The van der Waals surface area contributed by atoms with Gasteiger partial charge < -0.3 is 9.73 Å². The second kappa shape index (κ2) is 6.03. The molecule has 0 radical (unpaired) electrons. The molecule has 0 fully saturated rings. The van der Waals surface area contributed by atoms with Crippen LogP contribution in [0.15, 0.2) is 76.1 Å². The van der Waals surface area contributed by atoms with Crippen molar-refractivity contribution in [3.63, 3.8) is 0 Å². The van der Waals surface area contributed by atoms with E-state index in [0.29, 0.717) is 21.5 Å². The highest BCUT2D eigenvalue weighted by Crippen LogP contribution is 2.31. The van der Waals surface area contributed by atoms with Gasteiger partial charge in [-0.1, -0.05) is 30.3 Å². The highest BCUT2D eigenvalue weighted by molar-refractivity contribution is 7.21. The zero-order valence-corrected chi connectivity index (χ0v) is 14.7. The molecule has 0 bridgehead atoms. The molecule has 1 N–H and O–H groups in total. The largest absolute Gasteiger partial charge is 0.422 e. The van der Waals surface area contributed by atoms with E-state index in [9.17, 15) is 9.59 Å². The average molecular weight is 372 g/mol. The fourth-order valence-corrected chi connectivity index (χ4v) is 4.16. The number of benzene rings is 2. The van der Waals surface area contributed by atoms with Crippen LogP contribution < -0.4 is 10.9 Å². The third kappa shape index (κ3) is 2.67. The summed E-state index contributed by atoms with van der Waals surface area (Å²) in [5.74, 6) is -0.281. The van der Waals surface area contributed by atoms with Crippen molar-refractivity contribution in [2.24, 2.45) is 0 Å². The van der Waals surface area contributed by atoms with Gasteiger partial charge in [0.25, 0.3) is 5.91 Å². The number of aromatic nitrogens is 1. The number of carbonyl (C=O) groups excluding carboxylic acids is 1. The van der Waals surface area contributed by atoms with Gasteiger partial charge in [0.15, 0.2) is 0 Å². The molecule has 0 saturated carbocycles. The van der Waals surface area contributed by atoms with E-state index in [1.807, 2.05) is 48.5 Å². The molecule has 130 valence electrons. The Kier molecular flexibility index (Phi) is 3.51. The first kappa shape index (κ1) is 15.7. The number of hydrogen-bond acceptors (Lipinski definition) is 5. The molecule has 2 aromatic carbocycles. The lowest BCUT2D eigenvalue weighted by atomic mass is 10.2. The Morgan fingerprint density at radius 3 is 2.74 bits per heavy atom. The number of thiophene rings is 1. The van der Waals surface area contributed by atoms with E-state index in [2.05, 4.69) is 10.3 Å². The third-order valence-corrected chi connectivity index (χ3v) is 5.53. The molecular formula is C21H12N2O3S. The minimum atomic E-state index is -0.439. The van der Waals surface area contributed by atoms with Crippen LogP contribution in [0.4, 0.5) is 5.69 Å². The lowest BCUT2D eigenvalue weighted by Crippen LogP contribution is -2.10. The molecule has 3 aromatic heterocycles. The Morgan fingerprint density at radius 1 is 1.00 bits per heavy atom. The lowest BCUT2D eigenvalue weighted by Gasteiger charge is -2.04. The number of para-hydroxylation sites is 2. The fourth-order valence-electron chi connectivity index (χ4n) is 3.08. The van der Waals surface area contributed by atoms with Gasteiger partial charge in [0.1, 0.15) is 5.58 Å². The first-order valence-electron chi connectivity index (χ1n) is 8.30. The zero-order valence-electron chi connectivity index (χ0n) is 13.9. The number of fused-ring (bicyclic) bond motifs is 4. The summed E-state index contributed by atoms with van der Waals surface area (Å²) in [6.07, 6.45) is 1.62. The molecule has 5 nitrogen and oxygen atoms in total. The Balaban J connectivity index is 1.56. The van der Waals surface area contributed by atoms with Crippen LogP contribution in [-0.4, -0.2) is 10.9 Å². The maximum absolute atomic E-state index is 12.7. The predicted octanol–water partition coefficient (Wildman–Crippen LogP) is 4.81. The molecule has 1 amide bonds. The number of rotatable bonds is 2. The summed E-state index contributed by atoms with van der Waals surface area (Å²) in [5.41, 5.74) is 1.54. The van der Waals surface area contributed by atoms with Crippen molar-refractivity contribution in [2.45, 2.75) is 0 Å². The molecular weight excluding hydrogens is 360 g/mol. The Labute approximate surface area is 156 Å². The summed E-state index contributed by atoms with van der Waals surface area (Å²) in [4.78, 5) is 29.7. The molecule has 0 aliphatic rings. The second-order valence-electron chi connectivity index (χ2n) is 6.11. The molecule has 0 atom stereocenters. The molecule has 3 heterocycles. The van der Waals surface area contributed by atoms with Crippen molar-refractivity contribution in [1.29, 1.82) is 0 Å².